The van der Waals surface area contributed by atoms with Crippen molar-refractivity contribution in [3.63, 3.8) is 0 Å². The van der Waals surface area contributed by atoms with Gasteiger partial charge in [0.15, 0.2) is 0 Å². The minimum Gasteiger partial charge on any atom is -0.395 e. The highest BCUT2D eigenvalue weighted by molar-refractivity contribution is 5.64. The molecule has 0 radical (unpaired) electrons. The van der Waals surface area contributed by atoms with E-state index in [4.69, 9.17) is 0 Å². The fourth-order valence-corrected chi connectivity index (χ4v) is 5.49. The van der Waals surface area contributed by atoms with Crippen LogP contribution in [0, 0.1) is 5.82 Å². The summed E-state index contributed by atoms with van der Waals surface area (Å²) in [6, 6.07) is 19.8. The predicted molar refractivity (Wildman–Crippen MR) is 125 cm³/mol. The zero-order valence-corrected chi connectivity index (χ0v) is 18.3. The van der Waals surface area contributed by atoms with Gasteiger partial charge in [0, 0.05) is 49.0 Å². The molecule has 2 aromatic carbocycles. The molecule has 2 aliphatic rings. The summed E-state index contributed by atoms with van der Waals surface area (Å²) in [5.41, 5.74) is 3.98. The highest BCUT2D eigenvalue weighted by atomic mass is 19.1. The Balaban J connectivity index is 1.37. The zero-order valence-electron chi connectivity index (χ0n) is 18.3. The van der Waals surface area contributed by atoms with E-state index in [9.17, 15) is 9.50 Å². The van der Waals surface area contributed by atoms with Crippen molar-refractivity contribution in [1.82, 2.24) is 14.8 Å². The van der Waals surface area contributed by atoms with E-state index in [2.05, 4.69) is 33.0 Å². The highest BCUT2D eigenvalue weighted by Gasteiger charge is 2.49. The second kappa shape index (κ2) is 9.49. The molecule has 3 heterocycles. The largest absolute Gasteiger partial charge is 0.395 e. The van der Waals surface area contributed by atoms with Gasteiger partial charge in [-0.3, -0.25) is 14.8 Å². The van der Waals surface area contributed by atoms with Crippen LogP contribution >= 0.6 is 0 Å². The molecule has 0 unspecified atom stereocenters. The van der Waals surface area contributed by atoms with Crippen LogP contribution in [0.4, 0.5) is 4.39 Å². The smallest absolute Gasteiger partial charge is 0.131 e. The van der Waals surface area contributed by atoms with Crippen molar-refractivity contribution in [3.05, 3.63) is 90.0 Å². The fourth-order valence-electron chi connectivity index (χ4n) is 5.49. The van der Waals surface area contributed by atoms with Crippen molar-refractivity contribution in [1.29, 1.82) is 0 Å². The lowest BCUT2D eigenvalue weighted by atomic mass is 9.74. The third kappa shape index (κ3) is 4.20. The number of nitrogens with zero attached hydrogens (tertiary/aromatic N) is 3. The molecule has 0 aliphatic carbocycles. The van der Waals surface area contributed by atoms with Gasteiger partial charge in [0.1, 0.15) is 5.82 Å². The lowest BCUT2D eigenvalue weighted by Crippen LogP contribution is -2.67. The van der Waals surface area contributed by atoms with Crippen molar-refractivity contribution in [3.8, 4) is 11.1 Å². The summed E-state index contributed by atoms with van der Waals surface area (Å²) in [6.45, 7) is 4.17. The molecule has 1 aromatic heterocycles. The van der Waals surface area contributed by atoms with Crippen molar-refractivity contribution >= 4 is 0 Å². The highest BCUT2D eigenvalue weighted by Crippen LogP contribution is 2.42. The average molecular weight is 432 g/mol. The van der Waals surface area contributed by atoms with Gasteiger partial charge >= 0.3 is 0 Å². The Kier molecular flexibility index (Phi) is 6.30. The Bertz CT molecular complexity index is 1030. The third-order valence-electron chi connectivity index (χ3n) is 7.06. The number of hydrogen-bond acceptors (Lipinski definition) is 4. The number of aromatic nitrogens is 1. The first kappa shape index (κ1) is 21.3. The van der Waals surface area contributed by atoms with E-state index in [-0.39, 0.29) is 24.4 Å². The Morgan fingerprint density at radius 3 is 2.53 bits per heavy atom. The maximum absolute atomic E-state index is 14.2. The Morgan fingerprint density at radius 2 is 1.78 bits per heavy atom. The van der Waals surface area contributed by atoms with Crippen LogP contribution in [0.25, 0.3) is 11.1 Å². The second-order valence-electron chi connectivity index (χ2n) is 8.99. The average Bonchev–Trinajstić information content (AvgIpc) is 2.81. The molecule has 0 spiro atoms. The number of aliphatic hydroxyl groups is 1. The minimum absolute atomic E-state index is 0.151. The third-order valence-corrected chi connectivity index (χ3v) is 7.06. The van der Waals surface area contributed by atoms with Crippen LogP contribution in [-0.4, -0.2) is 58.2 Å². The minimum atomic E-state index is -0.200. The summed E-state index contributed by atoms with van der Waals surface area (Å²) >= 11 is 0. The van der Waals surface area contributed by atoms with Gasteiger partial charge < -0.3 is 5.11 Å². The number of halogens is 1. The molecule has 0 amide bonds. The number of hydrogen-bond donors (Lipinski definition) is 1. The summed E-state index contributed by atoms with van der Waals surface area (Å²) in [7, 11) is 0. The van der Waals surface area contributed by atoms with Gasteiger partial charge in [0.25, 0.3) is 0 Å². The molecule has 3 atom stereocenters. The summed E-state index contributed by atoms with van der Waals surface area (Å²) in [4.78, 5) is 9.29. The van der Waals surface area contributed by atoms with Gasteiger partial charge in [-0.1, -0.05) is 48.5 Å². The maximum Gasteiger partial charge on any atom is 0.131 e. The van der Waals surface area contributed by atoms with Crippen molar-refractivity contribution < 1.29 is 9.50 Å². The van der Waals surface area contributed by atoms with E-state index in [0.717, 1.165) is 38.2 Å². The molecular weight excluding hydrogens is 401 g/mol. The van der Waals surface area contributed by atoms with Gasteiger partial charge in [-0.15, -0.1) is 0 Å². The summed E-state index contributed by atoms with van der Waals surface area (Å²) < 4.78 is 14.2. The first-order chi connectivity index (χ1) is 15.7. The van der Waals surface area contributed by atoms with E-state index in [1.165, 1.54) is 23.6 Å². The summed E-state index contributed by atoms with van der Waals surface area (Å²) in [6.07, 6.45) is 6.09. The van der Waals surface area contributed by atoms with Gasteiger partial charge in [0.2, 0.25) is 0 Å². The Hall–Kier alpha value is -2.60. The SMILES string of the molecule is OC[C@@H]1[C@@H](c2ccc(-c3ccccc3F)cc2)[C@H]2CN(Cc3cccnc3)CCCCN12. The van der Waals surface area contributed by atoms with Crippen LogP contribution in [0.3, 0.4) is 0 Å². The molecule has 2 aliphatic heterocycles. The normalized spacial score (nSPS) is 24.2. The number of aliphatic hydroxyl groups excluding tert-OH is 1. The van der Waals surface area contributed by atoms with E-state index < -0.39 is 0 Å². The number of pyridine rings is 1. The first-order valence-electron chi connectivity index (χ1n) is 11.6. The second-order valence-corrected chi connectivity index (χ2v) is 8.99. The molecule has 5 heteroatoms. The predicted octanol–water partition coefficient (Wildman–Crippen LogP) is 4.31. The molecule has 1 N–H and O–H groups in total. The summed E-state index contributed by atoms with van der Waals surface area (Å²) in [5, 5.41) is 10.2. The van der Waals surface area contributed by atoms with Crippen molar-refractivity contribution in [2.45, 2.75) is 37.4 Å². The lowest BCUT2D eigenvalue weighted by Gasteiger charge is -2.57. The molecule has 5 rings (SSSR count). The Labute approximate surface area is 189 Å². The van der Waals surface area contributed by atoms with E-state index in [1.54, 1.807) is 6.07 Å². The molecule has 3 aromatic rings. The van der Waals surface area contributed by atoms with E-state index in [0.29, 0.717) is 11.6 Å². The van der Waals surface area contributed by atoms with Crippen LogP contribution in [0.5, 0.6) is 0 Å². The quantitative estimate of drug-likeness (QED) is 0.653. The maximum atomic E-state index is 14.2. The molecule has 166 valence electrons. The molecule has 2 saturated heterocycles. The zero-order chi connectivity index (χ0) is 21.9. The van der Waals surface area contributed by atoms with Gasteiger partial charge in [-0.25, -0.2) is 4.39 Å². The van der Waals surface area contributed by atoms with Gasteiger partial charge in [-0.2, -0.15) is 0 Å². The number of rotatable bonds is 5. The standard InChI is InChI=1S/C27H30FN3O/c28-24-8-2-1-7-23(24)21-9-11-22(12-10-21)27-25-18-30(17-20-6-5-13-29-16-20)14-3-4-15-31(25)26(27)19-32/h1-2,5-13,16,25-27,32H,3-4,14-15,17-19H2/t25-,26-,27+/m1/s1. The fraction of sp³-hybridized carbons (Fsp3) is 0.370. The van der Waals surface area contributed by atoms with Crippen LogP contribution in [0.15, 0.2) is 73.1 Å². The molecule has 32 heavy (non-hydrogen) atoms. The molecule has 0 bridgehead atoms. The van der Waals surface area contributed by atoms with E-state index >= 15 is 0 Å². The molecule has 4 nitrogen and oxygen atoms in total. The monoisotopic (exact) mass is 431 g/mol. The topological polar surface area (TPSA) is 39.6 Å². The van der Waals surface area contributed by atoms with Crippen molar-refractivity contribution in [2.24, 2.45) is 0 Å². The lowest BCUT2D eigenvalue weighted by molar-refractivity contribution is -0.0655. The van der Waals surface area contributed by atoms with Crippen LogP contribution in [0.2, 0.25) is 0 Å². The number of fused-ring (bicyclic) bond motifs is 1. The molecule has 0 saturated carbocycles. The molecule has 2 fully saturated rings. The first-order valence-corrected chi connectivity index (χ1v) is 11.6. The summed E-state index contributed by atoms with van der Waals surface area (Å²) in [5.74, 6) is 0.0820. The Morgan fingerprint density at radius 1 is 0.969 bits per heavy atom. The van der Waals surface area contributed by atoms with E-state index in [1.807, 2.05) is 42.7 Å². The van der Waals surface area contributed by atoms with Crippen LogP contribution in [0.1, 0.15) is 29.9 Å². The molecular formula is C27H30FN3O. The van der Waals surface area contributed by atoms with Gasteiger partial charge in [0.05, 0.1) is 6.61 Å². The van der Waals surface area contributed by atoms with Crippen LogP contribution < -0.4 is 0 Å². The van der Waals surface area contributed by atoms with Crippen LogP contribution in [-0.2, 0) is 6.54 Å². The van der Waals surface area contributed by atoms with Gasteiger partial charge in [-0.05, 0) is 54.8 Å². The number of benzene rings is 2. The van der Waals surface area contributed by atoms with Crippen molar-refractivity contribution in [2.75, 3.05) is 26.2 Å².